The molecule has 0 bridgehead atoms. The van der Waals surface area contributed by atoms with Crippen LogP contribution in [0.15, 0.2) is 0 Å². The number of hydrogen-bond acceptors (Lipinski definition) is 4. The number of nitrogens with zero attached hydrogens (tertiary/aromatic N) is 2. The molecule has 1 heterocycles. The van der Waals surface area contributed by atoms with E-state index in [1.807, 2.05) is 0 Å². The van der Waals surface area contributed by atoms with Crippen molar-refractivity contribution in [3.8, 4) is 0 Å². The standard InChI is InChI=1S/C11H24N2S2.Au/c1-2-3-4-5-6-12-7-9-13(10-8-12)11(14)15;/h11,14-15H,2-10H2,1H3;/p-2. The van der Waals surface area contributed by atoms with E-state index in [1.165, 1.54) is 32.2 Å². The average Bonchev–Trinajstić information content (AvgIpc) is 2.25. The fourth-order valence-corrected chi connectivity index (χ4v) is 2.38. The van der Waals surface area contributed by atoms with Crippen molar-refractivity contribution in [1.82, 2.24) is 9.80 Å². The summed E-state index contributed by atoms with van der Waals surface area (Å²) in [5.74, 6) is 0. The number of unbranched alkanes of at least 4 members (excludes halogenated alkanes) is 3. The van der Waals surface area contributed by atoms with Crippen LogP contribution in [0.25, 0.3) is 0 Å². The van der Waals surface area contributed by atoms with E-state index in [2.05, 4.69) is 16.7 Å². The van der Waals surface area contributed by atoms with Crippen LogP contribution in [0.1, 0.15) is 32.6 Å². The van der Waals surface area contributed by atoms with Crippen molar-refractivity contribution in [2.24, 2.45) is 0 Å². The molecule has 0 saturated carbocycles. The van der Waals surface area contributed by atoms with Crippen LogP contribution in [0.4, 0.5) is 0 Å². The number of hydrogen-bond donors (Lipinski definition) is 0. The third-order valence-corrected chi connectivity index (χ3v) is 3.63. The van der Waals surface area contributed by atoms with E-state index in [-0.39, 0.29) is 27.1 Å². The van der Waals surface area contributed by atoms with Gasteiger partial charge in [0.1, 0.15) is 0 Å². The Kier molecular flexibility index (Phi) is 11.2. The van der Waals surface area contributed by atoms with Crippen LogP contribution in [-0.4, -0.2) is 47.2 Å². The minimum atomic E-state index is -0.104. The fourth-order valence-electron chi connectivity index (χ4n) is 1.96. The minimum absolute atomic E-state index is 0. The van der Waals surface area contributed by atoms with E-state index in [0.29, 0.717) is 0 Å². The molecule has 0 aromatic rings. The molecule has 1 radical (unpaired) electrons. The van der Waals surface area contributed by atoms with Crippen molar-refractivity contribution < 1.29 is 22.4 Å². The first-order valence-corrected chi connectivity index (χ1v) is 6.96. The molecular weight excluding hydrogens is 421 g/mol. The summed E-state index contributed by atoms with van der Waals surface area (Å²) in [6, 6.07) is 0. The smallest absolute Gasteiger partial charge is 0.0108 e. The minimum Gasteiger partial charge on any atom is -0.800 e. The van der Waals surface area contributed by atoms with Crippen LogP contribution >= 0.6 is 0 Å². The first kappa shape index (κ1) is 17.4. The van der Waals surface area contributed by atoms with Crippen molar-refractivity contribution in [3.05, 3.63) is 0 Å². The molecular formula is C11H22AuN2S2-2. The van der Waals surface area contributed by atoms with E-state index in [1.54, 1.807) is 0 Å². The molecule has 1 aliphatic rings. The maximum absolute atomic E-state index is 5.08. The van der Waals surface area contributed by atoms with Gasteiger partial charge in [-0.05, 0) is 13.0 Å². The summed E-state index contributed by atoms with van der Waals surface area (Å²) in [5.41, 5.74) is 0. The average molecular weight is 443 g/mol. The fraction of sp³-hybridized carbons (Fsp3) is 1.00. The molecule has 5 heteroatoms. The Morgan fingerprint density at radius 3 is 2.12 bits per heavy atom. The summed E-state index contributed by atoms with van der Waals surface area (Å²) in [6.45, 7) is 7.93. The largest absolute Gasteiger partial charge is 0.800 e. The summed E-state index contributed by atoms with van der Waals surface area (Å²) in [6.07, 6.45) is 5.42. The van der Waals surface area contributed by atoms with Crippen molar-refractivity contribution in [1.29, 1.82) is 0 Å². The Hall–Kier alpha value is 1.36. The van der Waals surface area contributed by atoms with Gasteiger partial charge in [-0.15, -0.1) is 0 Å². The molecule has 1 rings (SSSR count). The van der Waals surface area contributed by atoms with Crippen LogP contribution in [0.3, 0.4) is 0 Å². The number of rotatable bonds is 6. The monoisotopic (exact) mass is 443 g/mol. The molecule has 1 aliphatic heterocycles. The maximum atomic E-state index is 5.08. The van der Waals surface area contributed by atoms with E-state index in [9.17, 15) is 0 Å². The summed E-state index contributed by atoms with van der Waals surface area (Å²) in [4.78, 5) is 4.76. The van der Waals surface area contributed by atoms with Gasteiger partial charge in [0.2, 0.25) is 0 Å². The van der Waals surface area contributed by atoms with Gasteiger partial charge in [-0.3, -0.25) is 0 Å². The van der Waals surface area contributed by atoms with E-state index >= 15 is 0 Å². The summed E-state index contributed by atoms with van der Waals surface area (Å²) in [5, 5.41) is 0. The van der Waals surface area contributed by atoms with E-state index in [0.717, 1.165) is 26.2 Å². The predicted molar refractivity (Wildman–Crippen MR) is 70.7 cm³/mol. The number of piperazine rings is 1. The Morgan fingerprint density at radius 2 is 1.62 bits per heavy atom. The Balaban J connectivity index is 0.00000225. The Labute approximate surface area is 127 Å². The van der Waals surface area contributed by atoms with Gasteiger partial charge in [0.15, 0.2) is 0 Å². The SMILES string of the molecule is CCCCCCN1CCN(C([S-])[S-])CC1.[Au]. The summed E-state index contributed by atoms with van der Waals surface area (Å²) < 4.78 is -0.104. The van der Waals surface area contributed by atoms with E-state index in [4.69, 9.17) is 25.3 Å². The summed E-state index contributed by atoms with van der Waals surface area (Å²) >= 11 is 10.2. The van der Waals surface area contributed by atoms with Crippen molar-refractivity contribution in [3.63, 3.8) is 0 Å². The molecule has 2 nitrogen and oxygen atoms in total. The molecule has 0 amide bonds. The van der Waals surface area contributed by atoms with Gasteiger partial charge < -0.3 is 35.1 Å². The quantitative estimate of drug-likeness (QED) is 0.349. The zero-order valence-corrected chi connectivity index (χ0v) is 13.8. The molecule has 101 valence electrons. The summed E-state index contributed by atoms with van der Waals surface area (Å²) in [7, 11) is 0. The van der Waals surface area contributed by atoms with E-state index < -0.39 is 0 Å². The third kappa shape index (κ3) is 6.94. The van der Waals surface area contributed by atoms with Gasteiger partial charge in [-0.25, -0.2) is 4.71 Å². The normalized spacial score (nSPS) is 18.8. The molecule has 1 saturated heterocycles. The second-order valence-corrected chi connectivity index (χ2v) is 5.44. The van der Waals surface area contributed by atoms with Gasteiger partial charge in [0, 0.05) is 48.6 Å². The maximum Gasteiger partial charge on any atom is 0.0108 e. The van der Waals surface area contributed by atoms with Gasteiger partial charge in [-0.2, -0.15) is 0 Å². The van der Waals surface area contributed by atoms with Gasteiger partial charge in [0.05, 0.1) is 0 Å². The topological polar surface area (TPSA) is 6.48 Å². The van der Waals surface area contributed by atoms with Crippen LogP contribution in [0.2, 0.25) is 0 Å². The Bertz CT molecular complexity index is 162. The molecule has 0 spiro atoms. The van der Waals surface area contributed by atoms with Crippen LogP contribution in [-0.2, 0) is 47.6 Å². The first-order valence-electron chi connectivity index (χ1n) is 6.02. The third-order valence-electron chi connectivity index (χ3n) is 3.03. The first-order chi connectivity index (χ1) is 7.24. The van der Waals surface area contributed by atoms with Gasteiger partial charge in [0.25, 0.3) is 0 Å². The molecule has 0 aromatic heterocycles. The second kappa shape index (κ2) is 10.3. The second-order valence-electron chi connectivity index (χ2n) is 4.25. The molecule has 0 unspecified atom stereocenters. The Morgan fingerprint density at radius 1 is 1.00 bits per heavy atom. The molecule has 0 aliphatic carbocycles. The van der Waals surface area contributed by atoms with Gasteiger partial charge in [-0.1, -0.05) is 26.2 Å². The zero-order valence-electron chi connectivity index (χ0n) is 9.95. The van der Waals surface area contributed by atoms with Crippen LogP contribution in [0, 0.1) is 0 Å². The van der Waals surface area contributed by atoms with Crippen molar-refractivity contribution >= 4 is 25.3 Å². The molecule has 1 fully saturated rings. The molecule has 0 aromatic carbocycles. The molecule has 0 atom stereocenters. The van der Waals surface area contributed by atoms with Crippen LogP contribution < -0.4 is 0 Å². The van der Waals surface area contributed by atoms with Gasteiger partial charge >= 0.3 is 0 Å². The molecule has 16 heavy (non-hydrogen) atoms. The van der Waals surface area contributed by atoms with Crippen LogP contribution in [0.5, 0.6) is 0 Å². The molecule has 0 N–H and O–H groups in total. The zero-order chi connectivity index (χ0) is 11.1. The predicted octanol–water partition coefficient (Wildman–Crippen LogP) is 1.56. The van der Waals surface area contributed by atoms with Crippen molar-refractivity contribution in [2.45, 2.75) is 37.3 Å². The van der Waals surface area contributed by atoms with Crippen molar-refractivity contribution in [2.75, 3.05) is 32.7 Å².